The maximum Gasteiger partial charge on any atom is 0.231 e. The molecule has 1 saturated heterocycles. The van der Waals surface area contributed by atoms with E-state index in [1.165, 1.54) is 18.4 Å². The van der Waals surface area contributed by atoms with Crippen molar-refractivity contribution in [2.75, 3.05) is 23.3 Å². The molecule has 0 spiro atoms. The van der Waals surface area contributed by atoms with Crippen molar-refractivity contribution in [2.45, 2.75) is 39.7 Å². The van der Waals surface area contributed by atoms with Gasteiger partial charge in [-0.15, -0.1) is 0 Å². The molecular formula is C20H27N5S. The van der Waals surface area contributed by atoms with Crippen LogP contribution in [0, 0.1) is 12.8 Å². The Morgan fingerprint density at radius 1 is 1.27 bits per heavy atom. The highest BCUT2D eigenvalue weighted by Crippen LogP contribution is 2.22. The molecule has 2 heterocycles. The summed E-state index contributed by atoms with van der Waals surface area (Å²) in [6.45, 7) is 8.47. The third-order valence-corrected chi connectivity index (χ3v) is 4.91. The summed E-state index contributed by atoms with van der Waals surface area (Å²) in [7, 11) is 0. The van der Waals surface area contributed by atoms with Gasteiger partial charge in [-0.2, -0.15) is 4.98 Å². The van der Waals surface area contributed by atoms with E-state index in [1.807, 2.05) is 31.2 Å². The van der Waals surface area contributed by atoms with Crippen LogP contribution < -0.4 is 15.5 Å². The zero-order valence-electron chi connectivity index (χ0n) is 15.7. The molecule has 1 aromatic carbocycles. The first-order valence-corrected chi connectivity index (χ1v) is 9.65. The summed E-state index contributed by atoms with van der Waals surface area (Å²) in [4.78, 5) is 11.5. The number of benzene rings is 1. The van der Waals surface area contributed by atoms with Crippen molar-refractivity contribution >= 4 is 29.1 Å². The Labute approximate surface area is 161 Å². The highest BCUT2D eigenvalue weighted by Gasteiger charge is 2.19. The summed E-state index contributed by atoms with van der Waals surface area (Å²) in [5.41, 5.74) is 2.12. The molecule has 1 aromatic heterocycles. The van der Waals surface area contributed by atoms with Gasteiger partial charge in [0.05, 0.1) is 6.04 Å². The average molecular weight is 370 g/mol. The van der Waals surface area contributed by atoms with E-state index in [2.05, 4.69) is 51.5 Å². The number of thiocarbonyl (C=S) groups is 1. The minimum absolute atomic E-state index is 0.114. The molecule has 2 aromatic rings. The molecule has 1 fully saturated rings. The SMILES string of the molecule is Cc1cc(N2CCC[C@@H](C)C2)nc(NC(=S)N[C@H](C)c2ccccc2)n1. The summed E-state index contributed by atoms with van der Waals surface area (Å²) in [6.07, 6.45) is 2.50. The summed E-state index contributed by atoms with van der Waals surface area (Å²) in [5, 5.41) is 6.97. The monoisotopic (exact) mass is 369 g/mol. The molecule has 5 nitrogen and oxygen atoms in total. The smallest absolute Gasteiger partial charge is 0.231 e. The first-order chi connectivity index (χ1) is 12.5. The van der Waals surface area contributed by atoms with E-state index in [0.717, 1.165) is 24.6 Å². The van der Waals surface area contributed by atoms with Gasteiger partial charge in [0, 0.05) is 24.8 Å². The van der Waals surface area contributed by atoms with E-state index in [1.54, 1.807) is 0 Å². The van der Waals surface area contributed by atoms with Crippen LogP contribution >= 0.6 is 12.2 Å². The van der Waals surface area contributed by atoms with Crippen LogP contribution in [0.15, 0.2) is 36.4 Å². The van der Waals surface area contributed by atoms with Gasteiger partial charge < -0.3 is 15.5 Å². The number of hydrogen-bond donors (Lipinski definition) is 2. The van der Waals surface area contributed by atoms with Gasteiger partial charge in [0.1, 0.15) is 5.82 Å². The fourth-order valence-corrected chi connectivity index (χ4v) is 3.59. The number of aryl methyl sites for hydroxylation is 1. The summed E-state index contributed by atoms with van der Waals surface area (Å²) < 4.78 is 0. The predicted molar refractivity (Wildman–Crippen MR) is 112 cm³/mol. The predicted octanol–water partition coefficient (Wildman–Crippen LogP) is 4.07. The lowest BCUT2D eigenvalue weighted by Crippen LogP contribution is -2.35. The van der Waals surface area contributed by atoms with Crippen molar-refractivity contribution in [2.24, 2.45) is 5.92 Å². The molecule has 138 valence electrons. The lowest BCUT2D eigenvalue weighted by molar-refractivity contribution is 0.444. The number of nitrogens with zero attached hydrogens (tertiary/aromatic N) is 3. The summed E-state index contributed by atoms with van der Waals surface area (Å²) in [6, 6.07) is 12.4. The van der Waals surface area contributed by atoms with Crippen LogP contribution in [-0.4, -0.2) is 28.2 Å². The number of piperidine rings is 1. The molecule has 6 heteroatoms. The first-order valence-electron chi connectivity index (χ1n) is 9.24. The molecule has 0 saturated carbocycles. The van der Waals surface area contributed by atoms with Crippen LogP contribution in [0.2, 0.25) is 0 Å². The number of nitrogens with one attached hydrogen (secondary N) is 2. The van der Waals surface area contributed by atoms with Crippen LogP contribution in [-0.2, 0) is 0 Å². The highest BCUT2D eigenvalue weighted by atomic mass is 32.1. The average Bonchev–Trinajstić information content (AvgIpc) is 2.62. The Balaban J connectivity index is 1.66. The topological polar surface area (TPSA) is 53.1 Å². The Bertz CT molecular complexity index is 749. The van der Waals surface area contributed by atoms with E-state index in [0.29, 0.717) is 17.0 Å². The molecule has 2 N–H and O–H groups in total. The molecule has 0 radical (unpaired) electrons. The maximum atomic E-state index is 5.46. The Hall–Kier alpha value is -2.21. The van der Waals surface area contributed by atoms with Crippen molar-refractivity contribution in [1.82, 2.24) is 15.3 Å². The minimum atomic E-state index is 0.114. The van der Waals surface area contributed by atoms with E-state index in [-0.39, 0.29) is 6.04 Å². The summed E-state index contributed by atoms with van der Waals surface area (Å²) in [5.74, 6) is 2.23. The third-order valence-electron chi connectivity index (χ3n) is 4.69. The minimum Gasteiger partial charge on any atom is -0.356 e. The number of anilines is 2. The van der Waals surface area contributed by atoms with Crippen molar-refractivity contribution in [3.8, 4) is 0 Å². The van der Waals surface area contributed by atoms with E-state index in [4.69, 9.17) is 12.2 Å². The van der Waals surface area contributed by atoms with Crippen LogP contribution in [0.1, 0.15) is 44.0 Å². The van der Waals surface area contributed by atoms with Gasteiger partial charge in [0.15, 0.2) is 5.11 Å². The standard InChI is InChI=1S/C20H27N5S/c1-14-8-7-11-25(13-14)18-12-15(2)21-19(23-18)24-20(26)22-16(3)17-9-5-4-6-10-17/h4-6,9-10,12,14,16H,7-8,11,13H2,1-3H3,(H2,21,22,23,24,26)/t14-,16-/m1/s1. The van der Waals surface area contributed by atoms with Crippen molar-refractivity contribution in [1.29, 1.82) is 0 Å². The third kappa shape index (κ3) is 4.91. The lowest BCUT2D eigenvalue weighted by Gasteiger charge is -2.32. The van der Waals surface area contributed by atoms with E-state index < -0.39 is 0 Å². The molecule has 0 unspecified atom stereocenters. The van der Waals surface area contributed by atoms with Crippen molar-refractivity contribution in [3.05, 3.63) is 47.7 Å². The lowest BCUT2D eigenvalue weighted by atomic mass is 10.0. The first kappa shape index (κ1) is 18.6. The summed E-state index contributed by atoms with van der Waals surface area (Å²) >= 11 is 5.46. The quantitative estimate of drug-likeness (QED) is 0.793. The van der Waals surface area contributed by atoms with Gasteiger partial charge in [-0.05, 0) is 50.4 Å². The maximum absolute atomic E-state index is 5.46. The van der Waals surface area contributed by atoms with Gasteiger partial charge in [0.2, 0.25) is 5.95 Å². The van der Waals surface area contributed by atoms with Crippen molar-refractivity contribution < 1.29 is 0 Å². The molecule has 0 bridgehead atoms. The zero-order valence-corrected chi connectivity index (χ0v) is 16.5. The molecular weight excluding hydrogens is 342 g/mol. The van der Waals surface area contributed by atoms with Crippen LogP contribution in [0.25, 0.3) is 0 Å². The number of hydrogen-bond acceptors (Lipinski definition) is 4. The Morgan fingerprint density at radius 2 is 2.04 bits per heavy atom. The molecule has 0 aliphatic carbocycles. The Kier molecular flexibility index (Phi) is 6.04. The largest absolute Gasteiger partial charge is 0.356 e. The molecule has 26 heavy (non-hydrogen) atoms. The van der Waals surface area contributed by atoms with Gasteiger partial charge in [-0.1, -0.05) is 37.3 Å². The number of aromatic nitrogens is 2. The normalized spacial score (nSPS) is 18.3. The molecule has 2 atom stereocenters. The molecule has 1 aliphatic rings. The van der Waals surface area contributed by atoms with Gasteiger partial charge in [-0.25, -0.2) is 4.98 Å². The van der Waals surface area contributed by atoms with Crippen molar-refractivity contribution in [3.63, 3.8) is 0 Å². The highest BCUT2D eigenvalue weighted by molar-refractivity contribution is 7.80. The fourth-order valence-electron chi connectivity index (χ4n) is 3.33. The second-order valence-corrected chi connectivity index (χ2v) is 7.52. The van der Waals surface area contributed by atoms with Crippen LogP contribution in [0.5, 0.6) is 0 Å². The Morgan fingerprint density at radius 3 is 2.77 bits per heavy atom. The fraction of sp³-hybridized carbons (Fsp3) is 0.450. The molecule has 1 aliphatic heterocycles. The second kappa shape index (κ2) is 8.45. The molecule has 0 amide bonds. The van der Waals surface area contributed by atoms with E-state index >= 15 is 0 Å². The number of rotatable bonds is 4. The van der Waals surface area contributed by atoms with Gasteiger partial charge >= 0.3 is 0 Å². The van der Waals surface area contributed by atoms with Crippen LogP contribution in [0.3, 0.4) is 0 Å². The molecule has 3 rings (SSSR count). The van der Waals surface area contributed by atoms with Gasteiger partial charge in [0.25, 0.3) is 0 Å². The van der Waals surface area contributed by atoms with Crippen LogP contribution in [0.4, 0.5) is 11.8 Å². The zero-order chi connectivity index (χ0) is 18.5. The van der Waals surface area contributed by atoms with Gasteiger partial charge in [-0.3, -0.25) is 0 Å². The van der Waals surface area contributed by atoms with E-state index in [9.17, 15) is 0 Å². The second-order valence-electron chi connectivity index (χ2n) is 7.12.